The average molecular weight is 253 g/mol. The van der Waals surface area contributed by atoms with E-state index in [0.717, 1.165) is 44.7 Å². The zero-order valence-electron chi connectivity index (χ0n) is 11.6. The average Bonchev–Trinajstić information content (AvgIpc) is 2.40. The predicted octanol–water partition coefficient (Wildman–Crippen LogP) is 2.89. The van der Waals surface area contributed by atoms with E-state index < -0.39 is 0 Å². The van der Waals surface area contributed by atoms with Crippen molar-refractivity contribution in [3.05, 3.63) is 0 Å². The lowest BCUT2D eigenvalue weighted by atomic mass is 9.85. The Morgan fingerprint density at radius 1 is 1.17 bits per heavy atom. The van der Waals surface area contributed by atoms with Crippen LogP contribution in [0.25, 0.3) is 0 Å². The normalized spacial score (nSPS) is 30.1. The minimum Gasteiger partial charge on any atom is -0.462 e. The molecule has 2 rings (SSSR count). The molecule has 0 aromatic rings. The van der Waals surface area contributed by atoms with Gasteiger partial charge in [0.05, 0.1) is 0 Å². The summed E-state index contributed by atoms with van der Waals surface area (Å²) in [6.07, 6.45) is 9.02. The van der Waals surface area contributed by atoms with E-state index >= 15 is 0 Å². The number of esters is 1. The molecule has 0 aromatic carbocycles. The van der Waals surface area contributed by atoms with Crippen LogP contribution in [0.2, 0.25) is 0 Å². The fourth-order valence-electron chi connectivity index (χ4n) is 3.28. The van der Waals surface area contributed by atoms with Gasteiger partial charge in [0, 0.05) is 6.42 Å². The molecule has 0 amide bonds. The van der Waals surface area contributed by atoms with Crippen molar-refractivity contribution in [3.8, 4) is 0 Å². The number of ether oxygens (including phenoxy) is 1. The highest BCUT2D eigenvalue weighted by molar-refractivity contribution is 5.69. The molecular formula is C15H27NO2. The molecule has 1 N–H and O–H groups in total. The quantitative estimate of drug-likeness (QED) is 0.783. The number of carbonyl (C=O) groups excluding carboxylic acids is 1. The zero-order chi connectivity index (χ0) is 12.8. The molecule has 2 atom stereocenters. The van der Waals surface area contributed by atoms with E-state index in [4.69, 9.17) is 4.74 Å². The van der Waals surface area contributed by atoms with Gasteiger partial charge in [-0.3, -0.25) is 4.79 Å². The number of rotatable bonds is 4. The van der Waals surface area contributed by atoms with E-state index in [-0.39, 0.29) is 12.1 Å². The molecule has 18 heavy (non-hydrogen) atoms. The zero-order valence-corrected chi connectivity index (χ0v) is 11.6. The van der Waals surface area contributed by atoms with E-state index in [0.29, 0.717) is 12.3 Å². The van der Waals surface area contributed by atoms with Crippen molar-refractivity contribution in [2.75, 3.05) is 13.1 Å². The molecule has 0 aromatic heterocycles. The van der Waals surface area contributed by atoms with Crippen LogP contribution in [-0.2, 0) is 9.53 Å². The summed E-state index contributed by atoms with van der Waals surface area (Å²) < 4.78 is 5.67. The molecule has 2 aliphatic rings. The van der Waals surface area contributed by atoms with Gasteiger partial charge in [0.1, 0.15) is 6.10 Å². The van der Waals surface area contributed by atoms with Gasteiger partial charge < -0.3 is 10.1 Å². The highest BCUT2D eigenvalue weighted by atomic mass is 16.5. The van der Waals surface area contributed by atoms with Gasteiger partial charge >= 0.3 is 5.97 Å². The first-order valence-corrected chi connectivity index (χ1v) is 7.68. The molecule has 3 heteroatoms. The molecule has 3 nitrogen and oxygen atoms in total. The molecule has 2 unspecified atom stereocenters. The van der Waals surface area contributed by atoms with Gasteiger partial charge in [0.2, 0.25) is 0 Å². The third-order valence-electron chi connectivity index (χ3n) is 4.52. The van der Waals surface area contributed by atoms with Crippen molar-refractivity contribution in [3.63, 3.8) is 0 Å². The highest BCUT2D eigenvalue weighted by Gasteiger charge is 2.25. The summed E-state index contributed by atoms with van der Waals surface area (Å²) in [5.41, 5.74) is 0. The summed E-state index contributed by atoms with van der Waals surface area (Å²) in [6, 6.07) is 0. The van der Waals surface area contributed by atoms with Crippen LogP contribution in [0.4, 0.5) is 0 Å². The van der Waals surface area contributed by atoms with Crippen LogP contribution in [0.5, 0.6) is 0 Å². The second-order valence-electron chi connectivity index (χ2n) is 5.95. The SMILES string of the molecule is CCC1CCCC(OC(=O)CC2CCNCC2)C1. The molecule has 1 aliphatic heterocycles. The summed E-state index contributed by atoms with van der Waals surface area (Å²) in [7, 11) is 0. The van der Waals surface area contributed by atoms with Gasteiger partial charge in [0.25, 0.3) is 0 Å². The molecule has 0 bridgehead atoms. The van der Waals surface area contributed by atoms with Crippen LogP contribution in [0.15, 0.2) is 0 Å². The number of nitrogens with one attached hydrogen (secondary N) is 1. The summed E-state index contributed by atoms with van der Waals surface area (Å²) in [5.74, 6) is 1.36. The van der Waals surface area contributed by atoms with Crippen molar-refractivity contribution in [1.29, 1.82) is 0 Å². The van der Waals surface area contributed by atoms with Crippen molar-refractivity contribution >= 4 is 5.97 Å². The van der Waals surface area contributed by atoms with Crippen LogP contribution in [0.1, 0.15) is 58.3 Å². The van der Waals surface area contributed by atoms with Gasteiger partial charge in [-0.2, -0.15) is 0 Å². The Kier molecular flexibility index (Phi) is 5.48. The van der Waals surface area contributed by atoms with Gasteiger partial charge in [-0.05, 0) is 57.0 Å². The first-order valence-electron chi connectivity index (χ1n) is 7.68. The monoisotopic (exact) mass is 253 g/mol. The Morgan fingerprint density at radius 3 is 2.67 bits per heavy atom. The second-order valence-corrected chi connectivity index (χ2v) is 5.95. The van der Waals surface area contributed by atoms with Crippen LogP contribution in [0, 0.1) is 11.8 Å². The van der Waals surface area contributed by atoms with Crippen LogP contribution >= 0.6 is 0 Å². The summed E-state index contributed by atoms with van der Waals surface area (Å²) in [6.45, 7) is 4.35. The standard InChI is InChI=1S/C15H27NO2/c1-2-12-4-3-5-14(10-12)18-15(17)11-13-6-8-16-9-7-13/h12-14,16H,2-11H2,1H3. The first-order chi connectivity index (χ1) is 8.78. The molecule has 2 fully saturated rings. The molecule has 1 aliphatic carbocycles. The maximum atomic E-state index is 11.9. The largest absolute Gasteiger partial charge is 0.462 e. The van der Waals surface area contributed by atoms with Gasteiger partial charge in [0.15, 0.2) is 0 Å². The molecule has 1 saturated heterocycles. The molecule has 1 heterocycles. The van der Waals surface area contributed by atoms with E-state index in [1.54, 1.807) is 0 Å². The van der Waals surface area contributed by atoms with E-state index in [2.05, 4.69) is 12.2 Å². The van der Waals surface area contributed by atoms with Crippen molar-refractivity contribution in [1.82, 2.24) is 5.32 Å². The number of hydrogen-bond acceptors (Lipinski definition) is 3. The summed E-state index contributed by atoms with van der Waals surface area (Å²) in [4.78, 5) is 11.9. The topological polar surface area (TPSA) is 38.3 Å². The van der Waals surface area contributed by atoms with Gasteiger partial charge in [-0.15, -0.1) is 0 Å². The number of carbonyl (C=O) groups is 1. The van der Waals surface area contributed by atoms with Gasteiger partial charge in [-0.25, -0.2) is 0 Å². The number of hydrogen-bond donors (Lipinski definition) is 1. The van der Waals surface area contributed by atoms with E-state index in [9.17, 15) is 4.79 Å². The fraction of sp³-hybridized carbons (Fsp3) is 0.933. The Labute approximate surface area is 111 Å². The molecule has 0 radical (unpaired) electrons. The molecular weight excluding hydrogens is 226 g/mol. The van der Waals surface area contributed by atoms with Crippen LogP contribution < -0.4 is 5.32 Å². The first kappa shape index (κ1) is 13.9. The Hall–Kier alpha value is -0.570. The smallest absolute Gasteiger partial charge is 0.306 e. The lowest BCUT2D eigenvalue weighted by molar-refractivity contribution is -0.152. The maximum absolute atomic E-state index is 11.9. The third-order valence-corrected chi connectivity index (χ3v) is 4.52. The van der Waals surface area contributed by atoms with Crippen molar-refractivity contribution in [2.45, 2.75) is 64.4 Å². The fourth-order valence-corrected chi connectivity index (χ4v) is 3.28. The highest BCUT2D eigenvalue weighted by Crippen LogP contribution is 2.29. The Bertz CT molecular complexity index is 261. The summed E-state index contributed by atoms with van der Waals surface area (Å²) in [5, 5.41) is 3.33. The third kappa shape index (κ3) is 4.27. The minimum atomic E-state index is 0.0450. The molecule has 104 valence electrons. The summed E-state index contributed by atoms with van der Waals surface area (Å²) >= 11 is 0. The number of piperidine rings is 1. The Morgan fingerprint density at radius 2 is 1.94 bits per heavy atom. The van der Waals surface area contributed by atoms with E-state index in [1.165, 1.54) is 19.3 Å². The van der Waals surface area contributed by atoms with Crippen LogP contribution in [-0.4, -0.2) is 25.2 Å². The lowest BCUT2D eigenvalue weighted by Crippen LogP contribution is -2.31. The Balaban J connectivity index is 1.69. The molecule has 0 spiro atoms. The van der Waals surface area contributed by atoms with Crippen molar-refractivity contribution < 1.29 is 9.53 Å². The second kappa shape index (κ2) is 7.13. The van der Waals surface area contributed by atoms with Crippen LogP contribution in [0.3, 0.4) is 0 Å². The van der Waals surface area contributed by atoms with E-state index in [1.807, 2.05) is 0 Å². The van der Waals surface area contributed by atoms with Gasteiger partial charge in [-0.1, -0.05) is 19.8 Å². The lowest BCUT2D eigenvalue weighted by Gasteiger charge is -2.29. The predicted molar refractivity (Wildman–Crippen MR) is 72.3 cm³/mol. The maximum Gasteiger partial charge on any atom is 0.306 e. The van der Waals surface area contributed by atoms with Crippen molar-refractivity contribution in [2.24, 2.45) is 11.8 Å². The minimum absolute atomic E-state index is 0.0450. The molecule has 1 saturated carbocycles.